The summed E-state index contributed by atoms with van der Waals surface area (Å²) in [6.07, 6.45) is 2.15. The van der Waals surface area contributed by atoms with E-state index in [2.05, 4.69) is 10.3 Å². The zero-order valence-electron chi connectivity index (χ0n) is 16.0. The molecular weight excluding hydrogens is 372 g/mol. The molecule has 1 atom stereocenters. The summed E-state index contributed by atoms with van der Waals surface area (Å²) >= 11 is 0. The normalized spacial score (nSPS) is 17.3. The van der Waals surface area contributed by atoms with E-state index in [1.807, 2.05) is 0 Å². The standard InChI is InChI=1S/C17H26N4O5S/c1-13(19-16(23)26-17(2,3)4)15(22)20-8-10-21(11-9-20)27(24,25)14-6-5-7-18-12-14/h5-7,12-13H,8-11H2,1-4H3,(H,19,23). The molecule has 2 heterocycles. The first kappa shape index (κ1) is 21.1. The van der Waals surface area contributed by atoms with Gasteiger partial charge in [0, 0.05) is 38.6 Å². The van der Waals surface area contributed by atoms with Crippen molar-refractivity contribution in [1.82, 2.24) is 19.5 Å². The van der Waals surface area contributed by atoms with Gasteiger partial charge in [0.2, 0.25) is 15.9 Å². The minimum Gasteiger partial charge on any atom is -0.444 e. The fraction of sp³-hybridized carbons (Fsp3) is 0.588. The number of hydrogen-bond donors (Lipinski definition) is 1. The number of hydrogen-bond acceptors (Lipinski definition) is 6. The highest BCUT2D eigenvalue weighted by molar-refractivity contribution is 7.89. The van der Waals surface area contributed by atoms with Crippen LogP contribution in [-0.2, 0) is 19.6 Å². The van der Waals surface area contributed by atoms with E-state index in [0.29, 0.717) is 0 Å². The molecule has 0 spiro atoms. The van der Waals surface area contributed by atoms with Crippen LogP contribution < -0.4 is 5.32 Å². The molecule has 0 aromatic carbocycles. The molecule has 2 amide bonds. The van der Waals surface area contributed by atoms with Crippen LogP contribution in [0.4, 0.5) is 4.79 Å². The van der Waals surface area contributed by atoms with Gasteiger partial charge in [-0.05, 0) is 39.8 Å². The number of piperazine rings is 1. The maximum absolute atomic E-state index is 12.6. The lowest BCUT2D eigenvalue weighted by Gasteiger charge is -2.35. The van der Waals surface area contributed by atoms with Gasteiger partial charge in [-0.25, -0.2) is 13.2 Å². The first-order valence-corrected chi connectivity index (χ1v) is 10.1. The summed E-state index contributed by atoms with van der Waals surface area (Å²) < 4.78 is 31.6. The van der Waals surface area contributed by atoms with Crippen LogP contribution in [0.25, 0.3) is 0 Å². The van der Waals surface area contributed by atoms with Crippen LogP contribution in [0.5, 0.6) is 0 Å². The molecule has 1 N–H and O–H groups in total. The molecule has 1 aliphatic heterocycles. The van der Waals surface area contributed by atoms with Gasteiger partial charge in [0.1, 0.15) is 16.5 Å². The summed E-state index contributed by atoms with van der Waals surface area (Å²) in [7, 11) is -3.63. The lowest BCUT2D eigenvalue weighted by Crippen LogP contribution is -2.55. The van der Waals surface area contributed by atoms with Crippen LogP contribution in [0.2, 0.25) is 0 Å². The predicted molar refractivity (Wildman–Crippen MR) is 98.4 cm³/mol. The summed E-state index contributed by atoms with van der Waals surface area (Å²) in [5.41, 5.74) is -0.654. The van der Waals surface area contributed by atoms with Gasteiger partial charge >= 0.3 is 6.09 Å². The van der Waals surface area contributed by atoms with E-state index >= 15 is 0 Å². The average molecular weight is 398 g/mol. The van der Waals surface area contributed by atoms with Crippen LogP contribution in [0.1, 0.15) is 27.7 Å². The van der Waals surface area contributed by atoms with Gasteiger partial charge < -0.3 is 15.0 Å². The minimum absolute atomic E-state index is 0.129. The summed E-state index contributed by atoms with van der Waals surface area (Å²) in [6.45, 7) is 7.65. The van der Waals surface area contributed by atoms with Crippen molar-refractivity contribution in [3.63, 3.8) is 0 Å². The third kappa shape index (κ3) is 5.64. The summed E-state index contributed by atoms with van der Waals surface area (Å²) in [6, 6.07) is 2.30. The number of carbonyl (C=O) groups is 2. The minimum atomic E-state index is -3.63. The molecule has 1 aromatic heterocycles. The largest absolute Gasteiger partial charge is 0.444 e. The van der Waals surface area contributed by atoms with Gasteiger partial charge in [0.25, 0.3) is 0 Å². The Morgan fingerprint density at radius 1 is 1.22 bits per heavy atom. The third-order valence-electron chi connectivity index (χ3n) is 3.93. The SMILES string of the molecule is CC(NC(=O)OC(C)(C)C)C(=O)N1CCN(S(=O)(=O)c2cccnc2)CC1. The highest BCUT2D eigenvalue weighted by atomic mass is 32.2. The van der Waals surface area contributed by atoms with E-state index < -0.39 is 27.8 Å². The van der Waals surface area contributed by atoms with Crippen LogP contribution in [0, 0.1) is 0 Å². The Labute approximate surface area is 159 Å². The van der Waals surface area contributed by atoms with Gasteiger partial charge in [-0.15, -0.1) is 0 Å². The number of nitrogens with zero attached hydrogens (tertiary/aromatic N) is 3. The number of aromatic nitrogens is 1. The number of ether oxygens (including phenoxy) is 1. The lowest BCUT2D eigenvalue weighted by molar-refractivity contribution is -0.134. The van der Waals surface area contributed by atoms with E-state index in [9.17, 15) is 18.0 Å². The van der Waals surface area contributed by atoms with Crippen LogP contribution in [-0.4, -0.2) is 72.4 Å². The van der Waals surface area contributed by atoms with Crippen LogP contribution in [0.15, 0.2) is 29.4 Å². The smallest absolute Gasteiger partial charge is 0.408 e. The van der Waals surface area contributed by atoms with Crippen molar-refractivity contribution in [2.75, 3.05) is 26.2 Å². The molecule has 1 saturated heterocycles. The first-order chi connectivity index (χ1) is 12.5. The molecule has 1 unspecified atom stereocenters. The molecule has 0 radical (unpaired) electrons. The van der Waals surface area contributed by atoms with Gasteiger partial charge in [0.05, 0.1) is 0 Å². The van der Waals surface area contributed by atoms with E-state index in [-0.39, 0.29) is 37.0 Å². The number of pyridine rings is 1. The molecular formula is C17H26N4O5S. The van der Waals surface area contributed by atoms with Gasteiger partial charge in [-0.1, -0.05) is 0 Å². The van der Waals surface area contributed by atoms with Crippen molar-refractivity contribution in [2.45, 2.75) is 44.2 Å². The molecule has 0 saturated carbocycles. The van der Waals surface area contributed by atoms with E-state index in [4.69, 9.17) is 4.74 Å². The van der Waals surface area contributed by atoms with Crippen molar-refractivity contribution in [3.8, 4) is 0 Å². The predicted octanol–water partition coefficient (Wildman–Crippen LogP) is 0.828. The number of nitrogens with one attached hydrogen (secondary N) is 1. The molecule has 2 rings (SSSR count). The highest BCUT2D eigenvalue weighted by Crippen LogP contribution is 2.17. The summed E-state index contributed by atoms with van der Waals surface area (Å²) in [4.78, 5) is 29.8. The number of rotatable bonds is 4. The average Bonchev–Trinajstić information content (AvgIpc) is 2.60. The second kappa shape index (κ2) is 8.22. The van der Waals surface area contributed by atoms with Crippen molar-refractivity contribution in [2.24, 2.45) is 0 Å². The van der Waals surface area contributed by atoms with Crippen molar-refractivity contribution in [1.29, 1.82) is 0 Å². The van der Waals surface area contributed by atoms with Gasteiger partial charge in [-0.3, -0.25) is 9.78 Å². The molecule has 0 aliphatic carbocycles. The van der Waals surface area contributed by atoms with Crippen molar-refractivity contribution < 1.29 is 22.7 Å². The number of sulfonamides is 1. The van der Waals surface area contributed by atoms with E-state index in [0.717, 1.165) is 0 Å². The van der Waals surface area contributed by atoms with Crippen molar-refractivity contribution in [3.05, 3.63) is 24.5 Å². The third-order valence-corrected chi connectivity index (χ3v) is 5.81. The fourth-order valence-electron chi connectivity index (χ4n) is 2.62. The van der Waals surface area contributed by atoms with E-state index in [1.165, 1.54) is 27.7 Å². The molecule has 1 aromatic rings. The lowest BCUT2D eigenvalue weighted by atomic mass is 10.2. The molecule has 150 valence electrons. The van der Waals surface area contributed by atoms with Gasteiger partial charge in [-0.2, -0.15) is 4.31 Å². The Hall–Kier alpha value is -2.20. The topological polar surface area (TPSA) is 109 Å². The number of carbonyl (C=O) groups excluding carboxylic acids is 2. The highest BCUT2D eigenvalue weighted by Gasteiger charge is 2.32. The Kier molecular flexibility index (Phi) is 6.42. The maximum atomic E-state index is 12.6. The summed E-state index contributed by atoms with van der Waals surface area (Å²) in [5.74, 6) is -0.278. The molecule has 10 heteroatoms. The first-order valence-electron chi connectivity index (χ1n) is 8.69. The Balaban J connectivity index is 1.91. The van der Waals surface area contributed by atoms with Crippen LogP contribution >= 0.6 is 0 Å². The Morgan fingerprint density at radius 3 is 2.37 bits per heavy atom. The summed E-state index contributed by atoms with van der Waals surface area (Å²) in [5, 5.41) is 2.51. The Bertz CT molecular complexity index is 768. The zero-order chi connectivity index (χ0) is 20.2. The molecule has 1 fully saturated rings. The molecule has 1 aliphatic rings. The number of alkyl carbamates (subject to hydrolysis) is 1. The monoisotopic (exact) mass is 398 g/mol. The molecule has 0 bridgehead atoms. The fourth-order valence-corrected chi connectivity index (χ4v) is 4.00. The second-order valence-electron chi connectivity index (χ2n) is 7.29. The Morgan fingerprint density at radius 2 is 1.85 bits per heavy atom. The van der Waals surface area contributed by atoms with Crippen molar-refractivity contribution >= 4 is 22.0 Å². The van der Waals surface area contributed by atoms with Crippen LogP contribution in [0.3, 0.4) is 0 Å². The quantitative estimate of drug-likeness (QED) is 0.805. The number of amides is 2. The molecule has 9 nitrogen and oxygen atoms in total. The van der Waals surface area contributed by atoms with E-state index in [1.54, 1.807) is 33.8 Å². The molecule has 27 heavy (non-hydrogen) atoms. The zero-order valence-corrected chi connectivity index (χ0v) is 16.8. The van der Waals surface area contributed by atoms with Gasteiger partial charge in [0.15, 0.2) is 0 Å². The maximum Gasteiger partial charge on any atom is 0.408 e. The second-order valence-corrected chi connectivity index (χ2v) is 9.22.